The second kappa shape index (κ2) is 8.38. The summed E-state index contributed by atoms with van der Waals surface area (Å²) in [5.41, 5.74) is 3.47. The monoisotopic (exact) mass is 383 g/mol. The molecular formula is C24H37N3O. The van der Waals surface area contributed by atoms with E-state index >= 15 is 0 Å². The molecule has 4 nitrogen and oxygen atoms in total. The van der Waals surface area contributed by atoms with Crippen molar-refractivity contribution >= 4 is 11.5 Å². The molecule has 2 N–H and O–H groups in total. The number of allylic oxidation sites excluding steroid dienone is 1. The van der Waals surface area contributed by atoms with Crippen molar-refractivity contribution in [2.45, 2.75) is 69.9 Å². The Kier molecular flexibility index (Phi) is 5.88. The third-order valence-corrected chi connectivity index (χ3v) is 7.26. The fraction of sp³-hybridized carbons (Fsp3) is 0.625. The molecule has 3 aliphatic rings. The van der Waals surface area contributed by atoms with Crippen LogP contribution in [0.15, 0.2) is 30.3 Å². The first-order valence-electron chi connectivity index (χ1n) is 11.2. The van der Waals surface area contributed by atoms with Gasteiger partial charge in [-0.25, -0.2) is 0 Å². The molecule has 2 saturated heterocycles. The van der Waals surface area contributed by atoms with Crippen LogP contribution in [0.4, 0.5) is 0 Å². The van der Waals surface area contributed by atoms with Gasteiger partial charge in [0.15, 0.2) is 0 Å². The lowest BCUT2D eigenvalue weighted by molar-refractivity contribution is -0.116. The Bertz CT molecular complexity index is 729. The number of amides is 1. The van der Waals surface area contributed by atoms with E-state index in [0.717, 1.165) is 69.0 Å². The molecule has 0 radical (unpaired) electrons. The van der Waals surface area contributed by atoms with Crippen molar-refractivity contribution in [3.05, 3.63) is 41.5 Å². The van der Waals surface area contributed by atoms with E-state index in [-0.39, 0.29) is 18.8 Å². The van der Waals surface area contributed by atoms with Crippen LogP contribution in [0, 0.1) is 0 Å². The van der Waals surface area contributed by atoms with E-state index in [1.165, 1.54) is 18.4 Å². The Morgan fingerprint density at radius 1 is 1.21 bits per heavy atom. The number of carbonyl (C=O) groups excluding carboxylic acids is 1. The number of carbonyl (C=O) groups is 1. The van der Waals surface area contributed by atoms with Gasteiger partial charge >= 0.3 is 0 Å². The number of fused-ring (bicyclic) bond motifs is 2. The smallest absolute Gasteiger partial charge is 0.251 e. The van der Waals surface area contributed by atoms with Crippen LogP contribution < -0.4 is 10.6 Å². The zero-order chi connectivity index (χ0) is 19.6. The number of nitrogens with zero attached hydrogens (tertiary/aromatic N) is 1. The number of nitrogens with one attached hydrogen (secondary N) is 2. The Morgan fingerprint density at radius 2 is 1.89 bits per heavy atom. The molecule has 28 heavy (non-hydrogen) atoms. The van der Waals surface area contributed by atoms with E-state index in [0.29, 0.717) is 0 Å². The lowest BCUT2D eigenvalue weighted by Crippen LogP contribution is -2.49. The summed E-state index contributed by atoms with van der Waals surface area (Å²) in [5.74, 6) is 0.110. The largest absolute Gasteiger partial charge is 0.349 e. The molecule has 1 aliphatic carbocycles. The minimum absolute atomic E-state index is 0. The highest BCUT2D eigenvalue weighted by atomic mass is 16.1. The number of benzene rings is 1. The van der Waals surface area contributed by atoms with Crippen molar-refractivity contribution in [1.29, 1.82) is 0 Å². The minimum atomic E-state index is 0. The van der Waals surface area contributed by atoms with Crippen LogP contribution in [0.1, 0.15) is 64.9 Å². The van der Waals surface area contributed by atoms with Gasteiger partial charge in [-0.1, -0.05) is 44.2 Å². The van der Waals surface area contributed by atoms with Crippen molar-refractivity contribution in [1.82, 2.24) is 15.5 Å². The van der Waals surface area contributed by atoms with Gasteiger partial charge in [-0.15, -0.1) is 0 Å². The molecular weight excluding hydrogens is 346 g/mol. The van der Waals surface area contributed by atoms with Gasteiger partial charge in [0.1, 0.15) is 0 Å². The van der Waals surface area contributed by atoms with Crippen molar-refractivity contribution in [3.8, 4) is 0 Å². The third kappa shape index (κ3) is 3.65. The van der Waals surface area contributed by atoms with E-state index in [4.69, 9.17) is 0 Å². The van der Waals surface area contributed by atoms with Gasteiger partial charge in [-0.3, -0.25) is 4.79 Å². The van der Waals surface area contributed by atoms with Crippen LogP contribution in [0.3, 0.4) is 0 Å². The lowest BCUT2D eigenvalue weighted by atomic mass is 9.74. The summed E-state index contributed by atoms with van der Waals surface area (Å²) in [6, 6.07) is 9.59. The van der Waals surface area contributed by atoms with Gasteiger partial charge in [-0.05, 0) is 75.8 Å². The average molecular weight is 384 g/mol. The second-order valence-corrected chi connectivity index (χ2v) is 8.76. The SMILES string of the molecule is CCC(CC)NC(=O)C1=CC2(CCN(C3CCNCC3)CC2)c2ccccc21.[HH]. The van der Waals surface area contributed by atoms with E-state index in [1.54, 1.807) is 0 Å². The zero-order valence-corrected chi connectivity index (χ0v) is 17.5. The summed E-state index contributed by atoms with van der Waals surface area (Å²) in [6.07, 6.45) is 9.05. The number of piperidine rings is 2. The number of likely N-dealkylation sites (tertiary alicyclic amines) is 1. The fourth-order valence-electron chi connectivity index (χ4n) is 5.40. The van der Waals surface area contributed by atoms with Crippen LogP contribution >= 0.6 is 0 Å². The van der Waals surface area contributed by atoms with Gasteiger partial charge < -0.3 is 15.5 Å². The predicted octanol–water partition coefficient (Wildman–Crippen LogP) is 3.72. The maximum Gasteiger partial charge on any atom is 0.251 e. The molecule has 1 amide bonds. The van der Waals surface area contributed by atoms with Gasteiger partial charge in [0.05, 0.1) is 0 Å². The second-order valence-electron chi connectivity index (χ2n) is 8.76. The van der Waals surface area contributed by atoms with Gasteiger partial charge in [0.25, 0.3) is 5.91 Å². The van der Waals surface area contributed by atoms with Gasteiger partial charge in [0, 0.05) is 24.5 Å². The molecule has 2 fully saturated rings. The number of rotatable bonds is 5. The highest BCUT2D eigenvalue weighted by Crippen LogP contribution is 2.47. The number of hydrogen-bond acceptors (Lipinski definition) is 3. The van der Waals surface area contributed by atoms with Crippen molar-refractivity contribution in [3.63, 3.8) is 0 Å². The highest BCUT2D eigenvalue weighted by molar-refractivity contribution is 6.21. The van der Waals surface area contributed by atoms with Crippen LogP contribution in [0.2, 0.25) is 0 Å². The Labute approximate surface area is 171 Å². The Hall–Kier alpha value is -1.65. The van der Waals surface area contributed by atoms with Crippen LogP contribution in [-0.2, 0) is 10.2 Å². The molecule has 1 spiro atoms. The first-order valence-corrected chi connectivity index (χ1v) is 11.2. The van der Waals surface area contributed by atoms with Crippen molar-refractivity contribution in [2.24, 2.45) is 0 Å². The standard InChI is InChI=1S/C24H35N3O.H2/c1-3-18(4-2)26-23(28)21-17-24(22-8-6-5-7-20(21)22)11-15-27(16-12-24)19-9-13-25-14-10-19;/h5-8,17-19,25H,3-4,9-16H2,1-2H3,(H,26,28);1H. The number of hydrogen-bond donors (Lipinski definition) is 2. The highest BCUT2D eigenvalue weighted by Gasteiger charge is 2.43. The average Bonchev–Trinajstić information content (AvgIpc) is 3.07. The summed E-state index contributed by atoms with van der Waals surface area (Å²) in [5, 5.41) is 6.74. The molecule has 0 saturated carbocycles. The maximum atomic E-state index is 13.1. The first-order chi connectivity index (χ1) is 13.7. The molecule has 0 atom stereocenters. The van der Waals surface area contributed by atoms with E-state index in [9.17, 15) is 4.79 Å². The molecule has 4 heteroatoms. The van der Waals surface area contributed by atoms with E-state index < -0.39 is 0 Å². The molecule has 2 aliphatic heterocycles. The normalized spacial score (nSPS) is 22.3. The molecule has 4 rings (SSSR count). The topological polar surface area (TPSA) is 44.4 Å². The molecule has 2 heterocycles. The van der Waals surface area contributed by atoms with Crippen LogP contribution in [-0.4, -0.2) is 49.1 Å². The van der Waals surface area contributed by atoms with E-state index in [1.807, 2.05) is 0 Å². The Balaban J connectivity index is 0.00000240. The van der Waals surface area contributed by atoms with Crippen molar-refractivity contribution < 1.29 is 6.22 Å². The summed E-state index contributed by atoms with van der Waals surface area (Å²) < 4.78 is 0. The zero-order valence-electron chi connectivity index (χ0n) is 17.5. The third-order valence-electron chi connectivity index (χ3n) is 7.26. The molecule has 0 unspecified atom stereocenters. The summed E-state index contributed by atoms with van der Waals surface area (Å²) in [7, 11) is 0. The van der Waals surface area contributed by atoms with Gasteiger partial charge in [0.2, 0.25) is 0 Å². The van der Waals surface area contributed by atoms with Gasteiger partial charge in [-0.2, -0.15) is 0 Å². The van der Waals surface area contributed by atoms with Crippen LogP contribution in [0.5, 0.6) is 0 Å². The molecule has 1 aromatic carbocycles. The molecule has 1 aromatic rings. The quantitative estimate of drug-likeness (QED) is 0.814. The minimum Gasteiger partial charge on any atom is -0.349 e. The Morgan fingerprint density at radius 3 is 2.57 bits per heavy atom. The lowest BCUT2D eigenvalue weighted by Gasteiger charge is -2.43. The molecule has 0 bridgehead atoms. The molecule has 0 aromatic heterocycles. The summed E-state index contributed by atoms with van der Waals surface area (Å²) in [4.78, 5) is 15.8. The fourth-order valence-corrected chi connectivity index (χ4v) is 5.40. The molecule has 154 valence electrons. The first kappa shape index (κ1) is 19.7. The van der Waals surface area contributed by atoms with E-state index in [2.05, 4.69) is 59.7 Å². The maximum absolute atomic E-state index is 13.1. The van der Waals surface area contributed by atoms with Crippen LogP contribution in [0.25, 0.3) is 5.57 Å². The summed E-state index contributed by atoms with van der Waals surface area (Å²) in [6.45, 7) is 8.85. The predicted molar refractivity (Wildman–Crippen MR) is 117 cm³/mol. The van der Waals surface area contributed by atoms with Crippen molar-refractivity contribution in [2.75, 3.05) is 26.2 Å². The summed E-state index contributed by atoms with van der Waals surface area (Å²) >= 11 is 0.